The van der Waals surface area contributed by atoms with Crippen LogP contribution in [0.25, 0.3) is 10.1 Å². The molecule has 0 saturated carbocycles. The van der Waals surface area contributed by atoms with Gasteiger partial charge in [-0.25, -0.2) is 0 Å². The first-order chi connectivity index (χ1) is 6.24. The highest BCUT2D eigenvalue weighted by molar-refractivity contribution is 9.10. The van der Waals surface area contributed by atoms with E-state index in [0.717, 1.165) is 15.8 Å². The van der Waals surface area contributed by atoms with Gasteiger partial charge in [-0.05, 0) is 50.8 Å². The molecular formula is C10H9BrS2. The topological polar surface area (TPSA) is 0 Å². The van der Waals surface area contributed by atoms with Gasteiger partial charge in [0.15, 0.2) is 0 Å². The van der Waals surface area contributed by atoms with Crippen molar-refractivity contribution in [2.75, 3.05) is 0 Å². The lowest BCUT2D eigenvalue weighted by molar-refractivity contribution is 1.11. The molecule has 0 radical (unpaired) electrons. The molecule has 0 saturated heterocycles. The smallest absolute Gasteiger partial charge is 0.0488 e. The maximum atomic E-state index is 4.47. The third-order valence-electron chi connectivity index (χ3n) is 2.13. The number of halogens is 1. The summed E-state index contributed by atoms with van der Waals surface area (Å²) in [5.74, 6) is 0. The summed E-state index contributed by atoms with van der Waals surface area (Å²) in [6.45, 7) is 2.17. The van der Waals surface area contributed by atoms with E-state index >= 15 is 0 Å². The summed E-state index contributed by atoms with van der Waals surface area (Å²) in [6, 6.07) is 4.25. The molecular weight excluding hydrogens is 264 g/mol. The quantitative estimate of drug-likeness (QED) is 0.726. The predicted molar refractivity (Wildman–Crippen MR) is 66.2 cm³/mol. The number of thiol groups is 1. The lowest BCUT2D eigenvalue weighted by atomic mass is 10.1. The van der Waals surface area contributed by atoms with E-state index in [2.05, 4.69) is 53.0 Å². The number of thiophene rings is 1. The molecule has 2 rings (SSSR count). The van der Waals surface area contributed by atoms with Gasteiger partial charge in [-0.2, -0.15) is 0 Å². The molecule has 0 N–H and O–H groups in total. The average molecular weight is 273 g/mol. The van der Waals surface area contributed by atoms with Crippen molar-refractivity contribution in [2.24, 2.45) is 0 Å². The second kappa shape index (κ2) is 3.64. The summed E-state index contributed by atoms with van der Waals surface area (Å²) >= 11 is 9.80. The first-order valence-electron chi connectivity index (χ1n) is 4.11. The van der Waals surface area contributed by atoms with Gasteiger partial charge in [-0.3, -0.25) is 0 Å². The predicted octanol–water partition coefficient (Wildman–Crippen LogP) is 4.51. The zero-order chi connectivity index (χ0) is 9.42. The summed E-state index contributed by atoms with van der Waals surface area (Å²) in [7, 11) is 0. The third kappa shape index (κ3) is 1.53. The standard InChI is InChI=1S/C10H9BrS2/c1-2-6-7-3-4-13-10(7)8(11)5-9(6)12/h3-5,12H,2H2,1H3. The highest BCUT2D eigenvalue weighted by Crippen LogP contribution is 2.35. The van der Waals surface area contributed by atoms with Crippen molar-refractivity contribution < 1.29 is 0 Å². The van der Waals surface area contributed by atoms with Crippen molar-refractivity contribution in [2.45, 2.75) is 18.2 Å². The lowest BCUT2D eigenvalue weighted by Crippen LogP contribution is -1.84. The summed E-state index contributed by atoms with van der Waals surface area (Å²) in [4.78, 5) is 1.08. The van der Waals surface area contributed by atoms with Crippen LogP contribution in [0, 0.1) is 0 Å². The fraction of sp³-hybridized carbons (Fsp3) is 0.200. The molecule has 2 aromatic rings. The molecule has 0 spiro atoms. The van der Waals surface area contributed by atoms with Crippen LogP contribution in [0.3, 0.4) is 0 Å². The van der Waals surface area contributed by atoms with Crippen LogP contribution >= 0.6 is 39.9 Å². The van der Waals surface area contributed by atoms with Gasteiger partial charge in [0.1, 0.15) is 0 Å². The van der Waals surface area contributed by atoms with Crippen LogP contribution in [-0.4, -0.2) is 0 Å². The number of benzene rings is 1. The van der Waals surface area contributed by atoms with E-state index in [4.69, 9.17) is 0 Å². The van der Waals surface area contributed by atoms with E-state index in [9.17, 15) is 0 Å². The van der Waals surface area contributed by atoms with Crippen LogP contribution < -0.4 is 0 Å². The van der Waals surface area contributed by atoms with Gasteiger partial charge in [-0.1, -0.05) is 6.92 Å². The van der Waals surface area contributed by atoms with Gasteiger partial charge in [0.05, 0.1) is 0 Å². The van der Waals surface area contributed by atoms with Gasteiger partial charge in [0, 0.05) is 14.1 Å². The normalized spacial score (nSPS) is 11.0. The van der Waals surface area contributed by atoms with Crippen LogP contribution in [0.1, 0.15) is 12.5 Å². The van der Waals surface area contributed by atoms with Crippen molar-refractivity contribution in [3.8, 4) is 0 Å². The van der Waals surface area contributed by atoms with Gasteiger partial charge in [0.2, 0.25) is 0 Å². The first-order valence-corrected chi connectivity index (χ1v) is 6.23. The Bertz CT molecular complexity index is 445. The highest BCUT2D eigenvalue weighted by atomic mass is 79.9. The van der Waals surface area contributed by atoms with Gasteiger partial charge >= 0.3 is 0 Å². The Labute approximate surface area is 95.5 Å². The molecule has 0 aliphatic heterocycles. The van der Waals surface area contributed by atoms with Crippen LogP contribution in [0.15, 0.2) is 26.9 Å². The van der Waals surface area contributed by atoms with Crippen LogP contribution in [0.4, 0.5) is 0 Å². The Balaban J connectivity index is 2.88. The van der Waals surface area contributed by atoms with E-state index in [1.807, 2.05) is 0 Å². The molecule has 1 aromatic heterocycles. The summed E-state index contributed by atoms with van der Waals surface area (Å²) < 4.78 is 2.48. The fourth-order valence-corrected chi connectivity index (χ4v) is 3.65. The SMILES string of the molecule is CCc1c(S)cc(Br)c2sccc12. The van der Waals surface area contributed by atoms with E-state index in [1.54, 1.807) is 11.3 Å². The third-order valence-corrected chi connectivity index (χ3v) is 4.37. The summed E-state index contributed by atoms with van der Waals surface area (Å²) in [5, 5.41) is 3.47. The number of hydrogen-bond donors (Lipinski definition) is 1. The molecule has 13 heavy (non-hydrogen) atoms. The van der Waals surface area contributed by atoms with E-state index in [1.165, 1.54) is 15.6 Å². The van der Waals surface area contributed by atoms with Crippen molar-refractivity contribution in [3.05, 3.63) is 27.5 Å². The molecule has 0 amide bonds. The Hall–Kier alpha value is 0.01000. The Morgan fingerprint density at radius 1 is 1.54 bits per heavy atom. The summed E-state index contributed by atoms with van der Waals surface area (Å²) in [6.07, 6.45) is 1.04. The van der Waals surface area contributed by atoms with E-state index in [0.29, 0.717) is 0 Å². The second-order valence-corrected chi connectivity index (χ2v) is 5.13. The average Bonchev–Trinajstić information content (AvgIpc) is 2.53. The maximum Gasteiger partial charge on any atom is 0.0488 e. The highest BCUT2D eigenvalue weighted by Gasteiger charge is 2.07. The van der Waals surface area contributed by atoms with Gasteiger partial charge < -0.3 is 0 Å². The first kappa shape index (κ1) is 9.56. The largest absolute Gasteiger partial charge is 0.143 e. The van der Waals surface area contributed by atoms with Crippen molar-refractivity contribution in [1.29, 1.82) is 0 Å². The summed E-state index contributed by atoms with van der Waals surface area (Å²) in [5.41, 5.74) is 1.35. The Morgan fingerprint density at radius 2 is 2.31 bits per heavy atom. The van der Waals surface area contributed by atoms with E-state index in [-0.39, 0.29) is 0 Å². The van der Waals surface area contributed by atoms with Gasteiger partial charge in [-0.15, -0.1) is 24.0 Å². The van der Waals surface area contributed by atoms with Crippen LogP contribution in [-0.2, 0) is 6.42 Å². The van der Waals surface area contributed by atoms with Crippen LogP contribution in [0.2, 0.25) is 0 Å². The molecule has 3 heteroatoms. The lowest BCUT2D eigenvalue weighted by Gasteiger charge is -2.05. The minimum Gasteiger partial charge on any atom is -0.143 e. The number of hydrogen-bond acceptors (Lipinski definition) is 2. The molecule has 1 heterocycles. The second-order valence-electron chi connectivity index (χ2n) is 2.87. The molecule has 0 aliphatic carbocycles. The van der Waals surface area contributed by atoms with Crippen molar-refractivity contribution in [3.63, 3.8) is 0 Å². The molecule has 0 nitrogen and oxygen atoms in total. The Morgan fingerprint density at radius 3 is 3.00 bits per heavy atom. The molecule has 0 bridgehead atoms. The zero-order valence-corrected chi connectivity index (χ0v) is 10.5. The molecule has 0 unspecified atom stereocenters. The van der Waals surface area contributed by atoms with Gasteiger partial charge in [0.25, 0.3) is 0 Å². The molecule has 1 aromatic carbocycles. The Kier molecular flexibility index (Phi) is 2.67. The number of rotatable bonds is 1. The number of aryl methyl sites for hydroxylation is 1. The van der Waals surface area contributed by atoms with Crippen LogP contribution in [0.5, 0.6) is 0 Å². The van der Waals surface area contributed by atoms with Crippen molar-refractivity contribution >= 4 is 50.0 Å². The van der Waals surface area contributed by atoms with Crippen molar-refractivity contribution in [1.82, 2.24) is 0 Å². The molecule has 0 aliphatic rings. The fourth-order valence-electron chi connectivity index (χ4n) is 1.51. The molecule has 0 atom stereocenters. The zero-order valence-electron chi connectivity index (χ0n) is 7.17. The molecule has 68 valence electrons. The monoisotopic (exact) mass is 272 g/mol. The van der Waals surface area contributed by atoms with E-state index < -0.39 is 0 Å². The number of fused-ring (bicyclic) bond motifs is 1. The molecule has 0 fully saturated rings. The minimum absolute atomic E-state index is 1.04. The maximum absolute atomic E-state index is 4.47. The minimum atomic E-state index is 1.04.